The lowest BCUT2D eigenvalue weighted by Crippen LogP contribution is -2.21. The largest absolute Gasteiger partial charge is 0.486 e. The smallest absolute Gasteiger partial charge is 0.326 e. The second-order valence-electron chi connectivity index (χ2n) is 8.13. The van der Waals surface area contributed by atoms with Gasteiger partial charge in [0.25, 0.3) is 0 Å². The van der Waals surface area contributed by atoms with Crippen molar-refractivity contribution in [2.75, 3.05) is 37.7 Å². The molecule has 11 heteroatoms. The molecular weight excluding hydrogens is 470 g/mol. The average Bonchev–Trinajstić information content (AvgIpc) is 3.13. The van der Waals surface area contributed by atoms with E-state index in [-0.39, 0.29) is 25.5 Å². The van der Waals surface area contributed by atoms with Crippen molar-refractivity contribution in [1.29, 1.82) is 5.26 Å². The molecule has 186 valence electrons. The zero-order valence-electron chi connectivity index (χ0n) is 20.0. The van der Waals surface area contributed by atoms with Crippen molar-refractivity contribution >= 4 is 32.7 Å². The van der Waals surface area contributed by atoms with E-state index in [2.05, 4.69) is 15.8 Å². The topological polar surface area (TPSA) is 127 Å². The average molecular weight is 500 g/mol. The highest BCUT2D eigenvalue weighted by molar-refractivity contribution is 7.92. The molecule has 0 saturated carbocycles. The van der Waals surface area contributed by atoms with E-state index in [0.29, 0.717) is 46.8 Å². The minimum Gasteiger partial charge on any atom is -0.486 e. The van der Waals surface area contributed by atoms with Crippen molar-refractivity contribution < 1.29 is 22.7 Å². The van der Waals surface area contributed by atoms with Crippen molar-refractivity contribution in [3.63, 3.8) is 0 Å². The van der Waals surface area contributed by atoms with Gasteiger partial charge in [-0.05, 0) is 76.4 Å². The zero-order chi connectivity index (χ0) is 25.4. The summed E-state index contributed by atoms with van der Waals surface area (Å²) in [6.07, 6.45) is 0.510. The second-order valence-corrected chi connectivity index (χ2v) is 9.97. The summed E-state index contributed by atoms with van der Waals surface area (Å²) >= 11 is 0. The van der Waals surface area contributed by atoms with Gasteiger partial charge in [-0.1, -0.05) is 0 Å². The number of benzene rings is 2. The molecule has 0 bridgehead atoms. The maximum absolute atomic E-state index is 12.5. The molecule has 3 rings (SSSR count). The summed E-state index contributed by atoms with van der Waals surface area (Å²) in [5.74, 6) is 0.606. The van der Waals surface area contributed by atoms with Crippen LogP contribution in [0.3, 0.4) is 0 Å². The van der Waals surface area contributed by atoms with Crippen LogP contribution in [0.25, 0.3) is 11.0 Å². The fourth-order valence-corrected chi connectivity index (χ4v) is 4.54. The first-order valence-electron chi connectivity index (χ1n) is 11.1. The molecule has 10 nitrogen and oxygen atoms in total. The number of nitrogens with one attached hydrogen (secondary N) is 1. The number of sulfonamides is 1. The predicted octanol–water partition coefficient (Wildman–Crippen LogP) is 2.74. The quantitative estimate of drug-likeness (QED) is 0.377. The van der Waals surface area contributed by atoms with Crippen LogP contribution in [0.4, 0.5) is 5.69 Å². The first-order chi connectivity index (χ1) is 16.7. The zero-order valence-corrected chi connectivity index (χ0v) is 20.8. The lowest BCUT2D eigenvalue weighted by molar-refractivity contribution is -0.143. The molecule has 0 aliphatic heterocycles. The van der Waals surface area contributed by atoms with Gasteiger partial charge in [-0.25, -0.2) is 13.4 Å². The number of nitrogens with zero attached hydrogens (tertiary/aromatic N) is 4. The van der Waals surface area contributed by atoms with Gasteiger partial charge >= 0.3 is 5.97 Å². The van der Waals surface area contributed by atoms with Crippen LogP contribution in [0.15, 0.2) is 42.5 Å². The third kappa shape index (κ3) is 7.43. The van der Waals surface area contributed by atoms with Crippen LogP contribution in [0.1, 0.15) is 24.7 Å². The highest BCUT2D eigenvalue weighted by atomic mass is 32.2. The number of anilines is 1. The summed E-state index contributed by atoms with van der Waals surface area (Å²) in [4.78, 5) is 18.7. The van der Waals surface area contributed by atoms with Crippen LogP contribution in [-0.4, -0.2) is 61.8 Å². The van der Waals surface area contributed by atoms with E-state index in [1.54, 1.807) is 54.0 Å². The number of fused-ring (bicyclic) bond motifs is 1. The molecule has 1 aromatic heterocycles. The second kappa shape index (κ2) is 11.7. The summed E-state index contributed by atoms with van der Waals surface area (Å²) in [6, 6.07) is 13.7. The van der Waals surface area contributed by atoms with Crippen molar-refractivity contribution in [3.8, 4) is 11.8 Å². The highest BCUT2D eigenvalue weighted by Crippen LogP contribution is 2.23. The molecule has 0 atom stereocenters. The van der Waals surface area contributed by atoms with Crippen molar-refractivity contribution in [2.24, 2.45) is 0 Å². The number of carbonyl (C=O) groups is 1. The van der Waals surface area contributed by atoms with Crippen molar-refractivity contribution in [2.45, 2.75) is 26.5 Å². The molecule has 0 amide bonds. The normalized spacial score (nSPS) is 11.4. The van der Waals surface area contributed by atoms with Crippen molar-refractivity contribution in [1.82, 2.24) is 14.5 Å². The Hall–Kier alpha value is -3.62. The van der Waals surface area contributed by atoms with E-state index in [9.17, 15) is 13.2 Å². The van der Waals surface area contributed by atoms with E-state index >= 15 is 0 Å². The first kappa shape index (κ1) is 26.0. The molecule has 0 fully saturated rings. The van der Waals surface area contributed by atoms with Gasteiger partial charge in [0.05, 0.1) is 40.7 Å². The SMILES string of the molecule is CCOC(=O)Cn1c(COc2ccc(C#N)cc2)nc2cc(NS(=O)(=O)CCCN(C)C)ccc21. The fourth-order valence-electron chi connectivity index (χ4n) is 3.44. The Bertz CT molecular complexity index is 1310. The van der Waals surface area contributed by atoms with Crippen LogP contribution in [0, 0.1) is 11.3 Å². The van der Waals surface area contributed by atoms with Gasteiger partial charge in [0.2, 0.25) is 10.0 Å². The standard InChI is InChI=1S/C24H29N5O5S/c1-4-33-24(30)16-29-22-11-8-19(27-35(31,32)13-5-12-28(2)3)14-21(22)26-23(29)17-34-20-9-6-18(15-25)7-10-20/h6-11,14,27H,4-5,12-13,16-17H2,1-3H3. The maximum atomic E-state index is 12.5. The molecular formula is C24H29N5O5S. The minimum absolute atomic E-state index is 0.00416. The van der Waals surface area contributed by atoms with Crippen LogP contribution >= 0.6 is 0 Å². The minimum atomic E-state index is -3.51. The number of nitriles is 1. The maximum Gasteiger partial charge on any atom is 0.326 e. The molecule has 0 unspecified atom stereocenters. The van der Waals surface area contributed by atoms with E-state index in [1.807, 2.05) is 19.0 Å². The molecule has 2 aromatic carbocycles. The Morgan fingerprint density at radius 1 is 1.20 bits per heavy atom. The lowest BCUT2D eigenvalue weighted by atomic mass is 10.2. The third-order valence-electron chi connectivity index (χ3n) is 5.06. The summed E-state index contributed by atoms with van der Waals surface area (Å²) in [5, 5.41) is 8.95. The summed E-state index contributed by atoms with van der Waals surface area (Å²) in [5.41, 5.74) is 2.07. The van der Waals surface area contributed by atoms with Crippen LogP contribution in [0.2, 0.25) is 0 Å². The first-order valence-corrected chi connectivity index (χ1v) is 12.8. The number of carbonyl (C=O) groups excluding carboxylic acids is 1. The van der Waals surface area contributed by atoms with Gasteiger partial charge in [0.1, 0.15) is 24.7 Å². The molecule has 0 saturated heterocycles. The summed E-state index contributed by atoms with van der Waals surface area (Å²) < 4.78 is 40.1. The Balaban J connectivity index is 1.84. The predicted molar refractivity (Wildman–Crippen MR) is 132 cm³/mol. The summed E-state index contributed by atoms with van der Waals surface area (Å²) in [6.45, 7) is 2.65. The third-order valence-corrected chi connectivity index (χ3v) is 6.44. The van der Waals surface area contributed by atoms with E-state index in [4.69, 9.17) is 14.7 Å². The highest BCUT2D eigenvalue weighted by Gasteiger charge is 2.17. The van der Waals surface area contributed by atoms with Gasteiger partial charge in [-0.3, -0.25) is 9.52 Å². The molecule has 0 radical (unpaired) electrons. The van der Waals surface area contributed by atoms with E-state index in [1.165, 1.54) is 0 Å². The number of hydrogen-bond donors (Lipinski definition) is 1. The van der Waals surface area contributed by atoms with Gasteiger partial charge < -0.3 is 18.9 Å². The molecule has 1 heterocycles. The van der Waals surface area contributed by atoms with Crippen LogP contribution in [0.5, 0.6) is 5.75 Å². The summed E-state index contributed by atoms with van der Waals surface area (Å²) in [7, 11) is 0.271. The Morgan fingerprint density at radius 2 is 1.94 bits per heavy atom. The number of hydrogen-bond acceptors (Lipinski definition) is 8. The van der Waals surface area contributed by atoms with E-state index < -0.39 is 16.0 Å². The van der Waals surface area contributed by atoms with Gasteiger partial charge in [-0.2, -0.15) is 5.26 Å². The fraction of sp³-hybridized carbons (Fsp3) is 0.375. The molecule has 35 heavy (non-hydrogen) atoms. The molecule has 0 aliphatic rings. The number of aromatic nitrogens is 2. The molecule has 0 spiro atoms. The number of imidazole rings is 1. The Labute approximate surface area is 205 Å². The number of esters is 1. The number of ether oxygens (including phenoxy) is 2. The molecule has 3 aromatic rings. The Morgan fingerprint density at radius 3 is 2.60 bits per heavy atom. The van der Waals surface area contributed by atoms with Crippen LogP contribution in [-0.2, 0) is 32.7 Å². The number of rotatable bonds is 12. The van der Waals surface area contributed by atoms with Crippen LogP contribution < -0.4 is 9.46 Å². The van der Waals surface area contributed by atoms with Gasteiger partial charge in [0.15, 0.2) is 0 Å². The lowest BCUT2D eigenvalue weighted by Gasteiger charge is -2.11. The Kier molecular flexibility index (Phi) is 8.68. The van der Waals surface area contributed by atoms with Gasteiger partial charge in [-0.15, -0.1) is 0 Å². The molecule has 0 aliphatic carbocycles. The monoisotopic (exact) mass is 499 g/mol. The van der Waals surface area contributed by atoms with Gasteiger partial charge in [0, 0.05) is 0 Å². The van der Waals surface area contributed by atoms with Crippen molar-refractivity contribution in [3.05, 3.63) is 53.9 Å². The molecule has 1 N–H and O–H groups in total. The van der Waals surface area contributed by atoms with E-state index in [0.717, 1.165) is 0 Å².